The first-order valence-corrected chi connectivity index (χ1v) is 7.57. The van der Waals surface area contributed by atoms with Crippen LogP contribution < -0.4 is 4.90 Å². The SMILES string of the molecule is N#CCC[C@@H](C#N)CN1CCCN(c2cncc(F)c2)CC1. The van der Waals surface area contributed by atoms with Crippen LogP contribution in [-0.4, -0.2) is 42.6 Å². The summed E-state index contributed by atoms with van der Waals surface area (Å²) < 4.78 is 13.3. The van der Waals surface area contributed by atoms with Crippen molar-refractivity contribution >= 4 is 5.69 Å². The zero-order valence-corrected chi connectivity index (χ0v) is 12.6. The highest BCUT2D eigenvalue weighted by molar-refractivity contribution is 5.44. The average Bonchev–Trinajstić information content (AvgIpc) is 2.77. The molecule has 1 aromatic heterocycles. The van der Waals surface area contributed by atoms with Crippen LogP contribution in [-0.2, 0) is 0 Å². The monoisotopic (exact) mass is 301 g/mol. The van der Waals surface area contributed by atoms with E-state index in [9.17, 15) is 4.39 Å². The van der Waals surface area contributed by atoms with Gasteiger partial charge in [-0.15, -0.1) is 0 Å². The van der Waals surface area contributed by atoms with Gasteiger partial charge in [-0.2, -0.15) is 10.5 Å². The molecule has 2 heterocycles. The Hall–Kier alpha value is -2.18. The maximum Gasteiger partial charge on any atom is 0.143 e. The zero-order chi connectivity index (χ0) is 15.8. The molecule has 0 amide bonds. The molecule has 0 spiro atoms. The lowest BCUT2D eigenvalue weighted by Crippen LogP contribution is -2.33. The van der Waals surface area contributed by atoms with Crippen molar-refractivity contribution in [3.63, 3.8) is 0 Å². The van der Waals surface area contributed by atoms with E-state index in [1.807, 2.05) is 0 Å². The van der Waals surface area contributed by atoms with Crippen molar-refractivity contribution in [2.75, 3.05) is 37.6 Å². The third kappa shape index (κ3) is 4.68. The third-order valence-electron chi connectivity index (χ3n) is 3.91. The Balaban J connectivity index is 1.90. The Kier molecular flexibility index (Phi) is 6.12. The van der Waals surface area contributed by atoms with Gasteiger partial charge in [0.25, 0.3) is 0 Å². The fourth-order valence-corrected chi connectivity index (χ4v) is 2.73. The molecule has 1 aliphatic heterocycles. The molecule has 0 bridgehead atoms. The van der Waals surface area contributed by atoms with Gasteiger partial charge in [0.1, 0.15) is 5.82 Å². The molecule has 1 aromatic rings. The Bertz CT molecular complexity index is 562. The number of nitrogens with zero attached hydrogens (tertiary/aromatic N) is 5. The smallest absolute Gasteiger partial charge is 0.143 e. The van der Waals surface area contributed by atoms with E-state index in [0.29, 0.717) is 19.4 Å². The minimum Gasteiger partial charge on any atom is -0.369 e. The first-order valence-electron chi connectivity index (χ1n) is 7.57. The van der Waals surface area contributed by atoms with E-state index >= 15 is 0 Å². The molecule has 22 heavy (non-hydrogen) atoms. The van der Waals surface area contributed by atoms with Crippen LogP contribution in [0.1, 0.15) is 19.3 Å². The minimum atomic E-state index is -0.320. The van der Waals surface area contributed by atoms with Gasteiger partial charge in [-0.1, -0.05) is 0 Å². The van der Waals surface area contributed by atoms with Crippen LogP contribution in [0.5, 0.6) is 0 Å². The van der Waals surface area contributed by atoms with Crippen molar-refractivity contribution in [3.05, 3.63) is 24.3 Å². The molecule has 2 rings (SSSR count). The molecular weight excluding hydrogens is 281 g/mol. The van der Waals surface area contributed by atoms with E-state index in [2.05, 4.69) is 26.9 Å². The third-order valence-corrected chi connectivity index (χ3v) is 3.91. The molecule has 0 aromatic carbocycles. The molecule has 0 unspecified atom stereocenters. The predicted octanol–water partition coefficient (Wildman–Crippen LogP) is 2.18. The number of hydrogen-bond donors (Lipinski definition) is 0. The van der Waals surface area contributed by atoms with Crippen LogP contribution in [0.15, 0.2) is 18.5 Å². The van der Waals surface area contributed by atoms with Gasteiger partial charge in [0.15, 0.2) is 0 Å². The topological polar surface area (TPSA) is 67.0 Å². The summed E-state index contributed by atoms with van der Waals surface area (Å²) in [6, 6.07) is 5.89. The highest BCUT2D eigenvalue weighted by atomic mass is 19.1. The summed E-state index contributed by atoms with van der Waals surface area (Å²) in [4.78, 5) is 8.29. The van der Waals surface area contributed by atoms with Gasteiger partial charge in [-0.05, 0) is 19.4 Å². The molecular formula is C16H20FN5. The van der Waals surface area contributed by atoms with Crippen molar-refractivity contribution in [1.29, 1.82) is 10.5 Å². The second kappa shape index (κ2) is 8.31. The second-order valence-electron chi connectivity index (χ2n) is 5.53. The second-order valence-corrected chi connectivity index (χ2v) is 5.53. The molecule has 0 saturated carbocycles. The summed E-state index contributed by atoms with van der Waals surface area (Å²) >= 11 is 0. The number of nitriles is 2. The largest absolute Gasteiger partial charge is 0.369 e. The highest BCUT2D eigenvalue weighted by Crippen LogP contribution is 2.17. The van der Waals surface area contributed by atoms with Gasteiger partial charge in [0.05, 0.1) is 36.1 Å². The molecule has 5 nitrogen and oxygen atoms in total. The van der Waals surface area contributed by atoms with Crippen molar-refractivity contribution < 1.29 is 4.39 Å². The number of halogens is 1. The maximum atomic E-state index is 13.3. The van der Waals surface area contributed by atoms with E-state index in [1.165, 1.54) is 12.3 Å². The molecule has 6 heteroatoms. The highest BCUT2D eigenvalue weighted by Gasteiger charge is 2.19. The summed E-state index contributed by atoms with van der Waals surface area (Å²) in [6.07, 6.45) is 4.91. The average molecular weight is 301 g/mol. The molecule has 0 aliphatic carbocycles. The Morgan fingerprint density at radius 3 is 2.82 bits per heavy atom. The number of aromatic nitrogens is 1. The van der Waals surface area contributed by atoms with E-state index in [0.717, 1.165) is 38.3 Å². The number of pyridine rings is 1. The van der Waals surface area contributed by atoms with Gasteiger partial charge in [-0.25, -0.2) is 4.39 Å². The Labute approximate surface area is 130 Å². The number of hydrogen-bond acceptors (Lipinski definition) is 5. The molecule has 1 aliphatic rings. The van der Waals surface area contributed by atoms with Crippen molar-refractivity contribution in [1.82, 2.24) is 9.88 Å². The summed E-state index contributed by atoms with van der Waals surface area (Å²) in [5.74, 6) is -0.415. The first-order chi connectivity index (χ1) is 10.7. The van der Waals surface area contributed by atoms with E-state index < -0.39 is 0 Å². The van der Waals surface area contributed by atoms with Gasteiger partial charge < -0.3 is 9.80 Å². The summed E-state index contributed by atoms with van der Waals surface area (Å²) in [5.41, 5.74) is 0.808. The number of rotatable bonds is 5. The van der Waals surface area contributed by atoms with Crippen LogP contribution in [0.3, 0.4) is 0 Å². The zero-order valence-electron chi connectivity index (χ0n) is 12.6. The summed E-state index contributed by atoms with van der Waals surface area (Å²) in [5, 5.41) is 17.8. The molecule has 1 fully saturated rings. The van der Waals surface area contributed by atoms with Gasteiger partial charge in [-0.3, -0.25) is 4.98 Å². The van der Waals surface area contributed by atoms with E-state index in [-0.39, 0.29) is 11.7 Å². The van der Waals surface area contributed by atoms with Crippen LogP contribution >= 0.6 is 0 Å². The predicted molar refractivity (Wildman–Crippen MR) is 81.4 cm³/mol. The van der Waals surface area contributed by atoms with Crippen LogP contribution in [0.4, 0.5) is 10.1 Å². The summed E-state index contributed by atoms with van der Waals surface area (Å²) in [6.45, 7) is 4.11. The molecule has 116 valence electrons. The minimum absolute atomic E-state index is 0.0953. The maximum absolute atomic E-state index is 13.3. The van der Waals surface area contributed by atoms with E-state index in [4.69, 9.17) is 10.5 Å². The fourth-order valence-electron chi connectivity index (χ4n) is 2.73. The summed E-state index contributed by atoms with van der Waals surface area (Å²) in [7, 11) is 0. The van der Waals surface area contributed by atoms with Crippen LogP contribution in [0.25, 0.3) is 0 Å². The molecule has 1 atom stereocenters. The molecule has 0 radical (unpaired) electrons. The Morgan fingerprint density at radius 1 is 1.23 bits per heavy atom. The van der Waals surface area contributed by atoms with Gasteiger partial charge >= 0.3 is 0 Å². The van der Waals surface area contributed by atoms with Crippen LogP contribution in [0, 0.1) is 34.4 Å². The quantitative estimate of drug-likeness (QED) is 0.834. The number of anilines is 1. The van der Waals surface area contributed by atoms with Crippen LogP contribution in [0.2, 0.25) is 0 Å². The Morgan fingerprint density at radius 2 is 2.09 bits per heavy atom. The lowest BCUT2D eigenvalue weighted by atomic mass is 10.0. The first kappa shape index (κ1) is 16.2. The van der Waals surface area contributed by atoms with Crippen molar-refractivity contribution in [2.45, 2.75) is 19.3 Å². The molecule has 1 saturated heterocycles. The normalized spacial score (nSPS) is 17.3. The van der Waals surface area contributed by atoms with Crippen molar-refractivity contribution in [3.8, 4) is 12.1 Å². The van der Waals surface area contributed by atoms with E-state index in [1.54, 1.807) is 6.20 Å². The standard InChI is InChI=1S/C16H20FN5/c17-15-9-16(12-20-11-15)22-6-2-5-21(7-8-22)13-14(10-19)3-1-4-18/h9,11-12,14H,1-3,5-8,13H2/t14-/m0/s1. The van der Waals surface area contributed by atoms with Gasteiger partial charge in [0, 0.05) is 38.7 Å². The van der Waals surface area contributed by atoms with Crippen molar-refractivity contribution in [2.24, 2.45) is 5.92 Å². The van der Waals surface area contributed by atoms with Gasteiger partial charge in [0.2, 0.25) is 0 Å². The molecule has 0 N–H and O–H groups in total. The lowest BCUT2D eigenvalue weighted by Gasteiger charge is -2.24. The fraction of sp³-hybridized carbons (Fsp3) is 0.562. The lowest BCUT2D eigenvalue weighted by molar-refractivity contribution is 0.262.